The predicted molar refractivity (Wildman–Crippen MR) is 125 cm³/mol. The molecule has 170 valence electrons. The normalized spacial score (nSPS) is 11.4. The van der Waals surface area contributed by atoms with Crippen LogP contribution in [0, 0.1) is 0 Å². The fraction of sp³-hybridized carbons (Fsp3) is 0.292. The molecule has 4 aromatic rings. The van der Waals surface area contributed by atoms with Crippen LogP contribution >= 0.6 is 0 Å². The van der Waals surface area contributed by atoms with Crippen molar-refractivity contribution in [3.63, 3.8) is 0 Å². The standard InChI is InChI=1S/C24H26N6O3/c1-16(2)33-12-6-11-30-21(25)18(23(31)27-15-17-7-5-9-26-14-17)13-19-22(30)28-20-8-3-4-10-29(20)24(19)32/h3-5,7-10,13-14,16,25H,6,11-12,15H2,1-2H3,(H,27,31)/p+1. The molecule has 0 aliphatic rings. The van der Waals surface area contributed by atoms with Crippen LogP contribution in [0.25, 0.3) is 16.7 Å². The van der Waals surface area contributed by atoms with Crippen molar-refractivity contribution in [3.8, 4) is 0 Å². The largest absolute Gasteiger partial charge is 0.379 e. The minimum atomic E-state index is -0.372. The first-order valence-corrected chi connectivity index (χ1v) is 10.9. The number of nitrogens with one attached hydrogen (secondary N) is 1. The van der Waals surface area contributed by atoms with Crippen molar-refractivity contribution in [3.05, 3.63) is 76.5 Å². The molecule has 0 aliphatic carbocycles. The molecule has 4 heterocycles. The number of ether oxygens (including phenoxy) is 1. The summed E-state index contributed by atoms with van der Waals surface area (Å²) in [6.45, 7) is 5.21. The summed E-state index contributed by atoms with van der Waals surface area (Å²) in [6.07, 6.45) is 5.77. The van der Waals surface area contributed by atoms with Gasteiger partial charge in [-0.05, 0) is 43.7 Å². The SMILES string of the molecule is CC(C)OCCC[n+]1c(N)c(C(=O)NCc2cccnc2)cc2c(=O)n3ccccc3nc21. The first-order valence-electron chi connectivity index (χ1n) is 10.9. The number of hydrogen-bond acceptors (Lipinski definition) is 6. The smallest absolute Gasteiger partial charge is 0.278 e. The first-order chi connectivity index (χ1) is 16.0. The summed E-state index contributed by atoms with van der Waals surface area (Å²) in [5.41, 5.74) is 8.23. The minimum absolute atomic E-state index is 0.111. The van der Waals surface area contributed by atoms with E-state index in [1.807, 2.05) is 26.0 Å². The summed E-state index contributed by atoms with van der Waals surface area (Å²) in [4.78, 5) is 35.0. The van der Waals surface area contributed by atoms with E-state index in [-0.39, 0.29) is 29.0 Å². The van der Waals surface area contributed by atoms with Crippen molar-refractivity contribution in [2.75, 3.05) is 12.3 Å². The number of carbonyl (C=O) groups excluding carboxylic acids is 1. The molecule has 0 spiro atoms. The second-order valence-corrected chi connectivity index (χ2v) is 8.00. The third kappa shape index (κ3) is 4.83. The number of hydrogen-bond donors (Lipinski definition) is 2. The van der Waals surface area contributed by atoms with E-state index in [1.165, 1.54) is 10.5 Å². The average Bonchev–Trinajstić information content (AvgIpc) is 2.82. The Labute approximate surface area is 190 Å². The fourth-order valence-electron chi connectivity index (χ4n) is 3.63. The highest BCUT2D eigenvalue weighted by atomic mass is 16.5. The number of nitrogens with two attached hydrogens (primary N) is 1. The highest BCUT2D eigenvalue weighted by molar-refractivity contribution is 6.00. The summed E-state index contributed by atoms with van der Waals surface area (Å²) < 4.78 is 8.84. The highest BCUT2D eigenvalue weighted by Gasteiger charge is 2.24. The summed E-state index contributed by atoms with van der Waals surface area (Å²) in [5.74, 6) is -0.120. The van der Waals surface area contributed by atoms with Crippen molar-refractivity contribution in [2.45, 2.75) is 39.5 Å². The fourth-order valence-corrected chi connectivity index (χ4v) is 3.63. The van der Waals surface area contributed by atoms with Crippen molar-refractivity contribution < 1.29 is 14.1 Å². The third-order valence-corrected chi connectivity index (χ3v) is 5.26. The minimum Gasteiger partial charge on any atom is -0.379 e. The van der Waals surface area contributed by atoms with E-state index in [0.717, 1.165) is 5.56 Å². The Morgan fingerprint density at radius 3 is 2.88 bits per heavy atom. The molecule has 0 aromatic carbocycles. The molecule has 0 fully saturated rings. The van der Waals surface area contributed by atoms with Gasteiger partial charge in [0.1, 0.15) is 10.9 Å². The third-order valence-electron chi connectivity index (χ3n) is 5.26. The van der Waals surface area contributed by atoms with Gasteiger partial charge in [0.15, 0.2) is 0 Å². The van der Waals surface area contributed by atoms with E-state index in [2.05, 4.69) is 15.3 Å². The molecule has 0 unspecified atom stereocenters. The van der Waals surface area contributed by atoms with E-state index in [1.54, 1.807) is 41.4 Å². The van der Waals surface area contributed by atoms with E-state index < -0.39 is 0 Å². The van der Waals surface area contributed by atoms with Gasteiger partial charge >= 0.3 is 0 Å². The lowest BCUT2D eigenvalue weighted by molar-refractivity contribution is -0.659. The van der Waals surface area contributed by atoms with Gasteiger partial charge in [0.2, 0.25) is 11.5 Å². The van der Waals surface area contributed by atoms with Gasteiger partial charge in [-0.15, -0.1) is 0 Å². The molecule has 1 amide bonds. The lowest BCUT2D eigenvalue weighted by Gasteiger charge is -2.13. The maximum atomic E-state index is 13.2. The maximum Gasteiger partial charge on any atom is 0.278 e. The molecule has 0 atom stereocenters. The lowest BCUT2D eigenvalue weighted by atomic mass is 10.1. The topological polar surface area (TPSA) is 115 Å². The number of fused-ring (bicyclic) bond motifs is 2. The first kappa shape index (κ1) is 22.3. The number of rotatable bonds is 8. The van der Waals surface area contributed by atoms with Crippen LogP contribution in [-0.2, 0) is 17.8 Å². The summed E-state index contributed by atoms with van der Waals surface area (Å²) in [7, 11) is 0. The molecular formula is C24H27N6O3+. The molecule has 4 rings (SSSR count). The second kappa shape index (κ2) is 9.74. The molecule has 0 radical (unpaired) electrons. The Morgan fingerprint density at radius 1 is 1.27 bits per heavy atom. The van der Waals surface area contributed by atoms with Crippen LogP contribution in [0.4, 0.5) is 5.82 Å². The van der Waals surface area contributed by atoms with Crippen LogP contribution in [0.3, 0.4) is 0 Å². The van der Waals surface area contributed by atoms with Crippen LogP contribution in [0.1, 0.15) is 36.2 Å². The van der Waals surface area contributed by atoms with E-state index in [4.69, 9.17) is 10.5 Å². The number of aryl methyl sites for hydroxylation is 1. The van der Waals surface area contributed by atoms with E-state index in [9.17, 15) is 9.59 Å². The number of nitrogen functional groups attached to an aromatic ring is 1. The number of nitrogens with zero attached hydrogens (tertiary/aromatic N) is 4. The van der Waals surface area contributed by atoms with Gasteiger partial charge in [0.05, 0.1) is 12.6 Å². The summed E-state index contributed by atoms with van der Waals surface area (Å²) in [6, 6.07) is 10.5. The van der Waals surface area contributed by atoms with Crippen LogP contribution in [-0.4, -0.2) is 33.0 Å². The van der Waals surface area contributed by atoms with Crippen LogP contribution in [0.15, 0.2) is 59.8 Å². The van der Waals surface area contributed by atoms with E-state index >= 15 is 0 Å². The molecule has 0 saturated carbocycles. The van der Waals surface area contributed by atoms with Crippen LogP contribution in [0.2, 0.25) is 0 Å². The van der Waals surface area contributed by atoms with Crippen molar-refractivity contribution in [1.82, 2.24) is 19.7 Å². The Morgan fingerprint density at radius 2 is 2.12 bits per heavy atom. The quantitative estimate of drug-likeness (QED) is 0.242. The van der Waals surface area contributed by atoms with Gasteiger partial charge < -0.3 is 15.8 Å². The number of aromatic nitrogens is 4. The monoisotopic (exact) mass is 447 g/mol. The Balaban J connectivity index is 1.76. The van der Waals surface area contributed by atoms with Gasteiger partial charge in [-0.25, -0.2) is 4.57 Å². The van der Waals surface area contributed by atoms with Crippen LogP contribution in [0.5, 0.6) is 0 Å². The van der Waals surface area contributed by atoms with Gasteiger partial charge in [0, 0.05) is 38.2 Å². The highest BCUT2D eigenvalue weighted by Crippen LogP contribution is 2.15. The molecule has 0 aliphatic heterocycles. The number of amides is 1. The van der Waals surface area contributed by atoms with Gasteiger partial charge in [-0.3, -0.25) is 19.0 Å². The molecule has 9 heteroatoms. The van der Waals surface area contributed by atoms with Crippen LogP contribution < -0.4 is 21.2 Å². The summed E-state index contributed by atoms with van der Waals surface area (Å²) >= 11 is 0. The number of pyridine rings is 3. The van der Waals surface area contributed by atoms with Crippen molar-refractivity contribution in [1.29, 1.82) is 0 Å². The van der Waals surface area contributed by atoms with Gasteiger partial charge in [-0.1, -0.05) is 17.1 Å². The Hall–Kier alpha value is -3.85. The molecule has 0 bridgehead atoms. The molecular weight excluding hydrogens is 420 g/mol. The molecule has 4 aromatic heterocycles. The number of anilines is 1. The molecule has 3 N–H and O–H groups in total. The zero-order chi connectivity index (χ0) is 23.4. The van der Waals surface area contributed by atoms with E-state index in [0.29, 0.717) is 42.8 Å². The van der Waals surface area contributed by atoms with Gasteiger partial charge in [-0.2, -0.15) is 0 Å². The van der Waals surface area contributed by atoms with Gasteiger partial charge in [0.25, 0.3) is 17.1 Å². The Kier molecular flexibility index (Phi) is 6.60. The second-order valence-electron chi connectivity index (χ2n) is 8.00. The average molecular weight is 448 g/mol. The zero-order valence-electron chi connectivity index (χ0n) is 18.7. The van der Waals surface area contributed by atoms with Crippen molar-refractivity contribution >= 4 is 28.4 Å². The molecule has 33 heavy (non-hydrogen) atoms. The lowest BCUT2D eigenvalue weighted by Crippen LogP contribution is -2.43. The maximum absolute atomic E-state index is 13.2. The number of carbonyl (C=O) groups is 1. The molecule has 0 saturated heterocycles. The van der Waals surface area contributed by atoms with Crippen molar-refractivity contribution in [2.24, 2.45) is 0 Å². The summed E-state index contributed by atoms with van der Waals surface area (Å²) in [5, 5.41) is 3.18. The Bertz CT molecular complexity index is 1350. The molecule has 9 nitrogen and oxygen atoms in total. The zero-order valence-corrected chi connectivity index (χ0v) is 18.7. The predicted octanol–water partition coefficient (Wildman–Crippen LogP) is 1.86.